The summed E-state index contributed by atoms with van der Waals surface area (Å²) in [6.07, 6.45) is 1.82. The van der Waals surface area contributed by atoms with Crippen molar-refractivity contribution in [3.63, 3.8) is 0 Å². The third-order valence-electron chi connectivity index (χ3n) is 1.96. The third-order valence-corrected chi connectivity index (χ3v) is 1.96. The number of nitrogens with one attached hydrogen (secondary N) is 1. The smallest absolute Gasteiger partial charge is 0.308 e. The molecule has 0 fully saturated rings. The zero-order chi connectivity index (χ0) is 9.84. The Hall–Kier alpha value is -1.45. The molecule has 0 spiro atoms. The van der Waals surface area contributed by atoms with Gasteiger partial charge in [0.1, 0.15) is 5.82 Å². The molecule has 0 aliphatic heterocycles. The molecule has 0 radical (unpaired) electrons. The van der Waals surface area contributed by atoms with Crippen LogP contribution in [-0.4, -0.2) is 29.7 Å². The fraction of sp³-hybridized carbons (Fsp3) is 0.444. The van der Waals surface area contributed by atoms with Gasteiger partial charge in [-0.25, -0.2) is 0 Å². The highest BCUT2D eigenvalue weighted by Gasteiger charge is 2.13. The second-order valence-electron chi connectivity index (χ2n) is 3.18. The van der Waals surface area contributed by atoms with Gasteiger partial charge in [0.2, 0.25) is 0 Å². The monoisotopic (exact) mass is 182 g/mol. The SMILES string of the molecule is CC(CN(C)c1ccc[nH]1)C(=O)O. The molecule has 0 saturated heterocycles. The molecule has 4 nitrogen and oxygen atoms in total. The van der Waals surface area contributed by atoms with E-state index in [0.717, 1.165) is 5.82 Å². The van der Waals surface area contributed by atoms with Crippen LogP contribution in [-0.2, 0) is 4.79 Å². The zero-order valence-corrected chi connectivity index (χ0v) is 7.82. The van der Waals surface area contributed by atoms with E-state index in [4.69, 9.17) is 5.11 Å². The summed E-state index contributed by atoms with van der Waals surface area (Å²) >= 11 is 0. The number of aromatic nitrogens is 1. The fourth-order valence-electron chi connectivity index (χ4n) is 1.15. The van der Waals surface area contributed by atoms with Crippen LogP contribution in [0.4, 0.5) is 5.82 Å². The number of anilines is 1. The summed E-state index contributed by atoms with van der Waals surface area (Å²) in [5, 5.41) is 8.69. The molecule has 0 aliphatic rings. The highest BCUT2D eigenvalue weighted by Crippen LogP contribution is 2.09. The summed E-state index contributed by atoms with van der Waals surface area (Å²) in [7, 11) is 1.87. The lowest BCUT2D eigenvalue weighted by molar-refractivity contribution is -0.140. The second-order valence-corrected chi connectivity index (χ2v) is 3.18. The predicted molar refractivity (Wildman–Crippen MR) is 50.9 cm³/mol. The van der Waals surface area contributed by atoms with Gasteiger partial charge in [-0.15, -0.1) is 0 Å². The van der Waals surface area contributed by atoms with E-state index in [0.29, 0.717) is 6.54 Å². The van der Waals surface area contributed by atoms with Crippen molar-refractivity contribution in [2.24, 2.45) is 5.92 Å². The molecular weight excluding hydrogens is 168 g/mol. The van der Waals surface area contributed by atoms with Gasteiger partial charge in [-0.05, 0) is 12.1 Å². The first-order valence-electron chi connectivity index (χ1n) is 4.18. The van der Waals surface area contributed by atoms with E-state index in [9.17, 15) is 4.79 Å². The highest BCUT2D eigenvalue weighted by atomic mass is 16.4. The molecule has 0 amide bonds. The minimum Gasteiger partial charge on any atom is -0.481 e. The molecule has 0 bridgehead atoms. The van der Waals surface area contributed by atoms with Gasteiger partial charge in [0.05, 0.1) is 5.92 Å². The van der Waals surface area contributed by atoms with E-state index >= 15 is 0 Å². The maximum atomic E-state index is 10.6. The van der Waals surface area contributed by atoms with Crippen molar-refractivity contribution < 1.29 is 9.90 Å². The summed E-state index contributed by atoms with van der Waals surface area (Å²) in [5.41, 5.74) is 0. The Morgan fingerprint density at radius 1 is 1.77 bits per heavy atom. The van der Waals surface area contributed by atoms with Crippen molar-refractivity contribution in [3.8, 4) is 0 Å². The lowest BCUT2D eigenvalue weighted by atomic mass is 10.2. The van der Waals surface area contributed by atoms with Gasteiger partial charge in [0.25, 0.3) is 0 Å². The molecule has 1 unspecified atom stereocenters. The molecule has 0 aliphatic carbocycles. The Morgan fingerprint density at radius 3 is 2.92 bits per heavy atom. The Bertz CT molecular complexity index is 269. The van der Waals surface area contributed by atoms with Gasteiger partial charge in [0.15, 0.2) is 0 Å². The van der Waals surface area contributed by atoms with E-state index in [1.165, 1.54) is 0 Å². The average molecular weight is 182 g/mol. The Balaban J connectivity index is 2.51. The molecule has 1 aromatic rings. The van der Waals surface area contributed by atoms with Gasteiger partial charge >= 0.3 is 5.97 Å². The van der Waals surface area contributed by atoms with E-state index in [1.807, 2.05) is 30.3 Å². The number of nitrogens with zero attached hydrogens (tertiary/aromatic N) is 1. The molecule has 4 heteroatoms. The van der Waals surface area contributed by atoms with Crippen LogP contribution in [0.15, 0.2) is 18.3 Å². The summed E-state index contributed by atoms with van der Waals surface area (Å²) in [6.45, 7) is 2.21. The number of aliphatic carboxylic acids is 1. The van der Waals surface area contributed by atoms with E-state index < -0.39 is 5.97 Å². The van der Waals surface area contributed by atoms with Crippen molar-refractivity contribution in [1.29, 1.82) is 0 Å². The van der Waals surface area contributed by atoms with Crippen LogP contribution in [0.25, 0.3) is 0 Å². The van der Waals surface area contributed by atoms with E-state index in [-0.39, 0.29) is 5.92 Å². The Kier molecular flexibility index (Phi) is 2.95. The third kappa shape index (κ3) is 2.50. The largest absolute Gasteiger partial charge is 0.481 e. The number of carboxylic acids is 1. The van der Waals surface area contributed by atoms with E-state index in [2.05, 4.69) is 4.98 Å². The van der Waals surface area contributed by atoms with Crippen LogP contribution in [0, 0.1) is 5.92 Å². The summed E-state index contributed by atoms with van der Waals surface area (Å²) in [4.78, 5) is 15.5. The summed E-state index contributed by atoms with van der Waals surface area (Å²) < 4.78 is 0. The number of aromatic amines is 1. The van der Waals surface area contributed by atoms with Gasteiger partial charge in [-0.1, -0.05) is 6.92 Å². The topological polar surface area (TPSA) is 56.3 Å². The number of H-pyrrole nitrogens is 1. The van der Waals surface area contributed by atoms with Crippen molar-refractivity contribution in [1.82, 2.24) is 4.98 Å². The van der Waals surface area contributed by atoms with Crippen molar-refractivity contribution in [2.45, 2.75) is 6.92 Å². The molecule has 1 aromatic heterocycles. The normalized spacial score (nSPS) is 12.5. The number of rotatable bonds is 4. The molecule has 0 aromatic carbocycles. The van der Waals surface area contributed by atoms with Gasteiger partial charge in [-0.3, -0.25) is 4.79 Å². The molecule has 1 atom stereocenters. The first-order valence-corrected chi connectivity index (χ1v) is 4.18. The molecular formula is C9H14N2O2. The minimum atomic E-state index is -0.765. The maximum absolute atomic E-state index is 10.6. The van der Waals surface area contributed by atoms with Crippen molar-refractivity contribution in [3.05, 3.63) is 18.3 Å². The maximum Gasteiger partial charge on any atom is 0.308 e. The molecule has 1 rings (SSSR count). The standard InChI is InChI=1S/C9H14N2O2/c1-7(9(12)13)6-11(2)8-4-3-5-10-8/h3-5,7,10H,6H2,1-2H3,(H,12,13). The lowest BCUT2D eigenvalue weighted by Gasteiger charge is -2.19. The molecule has 72 valence electrons. The first kappa shape index (κ1) is 9.64. The minimum absolute atomic E-state index is 0.353. The summed E-state index contributed by atoms with van der Waals surface area (Å²) in [6, 6.07) is 3.80. The van der Waals surface area contributed by atoms with Crippen molar-refractivity contribution >= 4 is 11.8 Å². The number of carbonyl (C=O) groups is 1. The average Bonchev–Trinajstić information content (AvgIpc) is 2.55. The number of hydrogen-bond donors (Lipinski definition) is 2. The second kappa shape index (κ2) is 3.98. The van der Waals surface area contributed by atoms with E-state index in [1.54, 1.807) is 6.92 Å². The van der Waals surface area contributed by atoms with Crippen LogP contribution in [0.3, 0.4) is 0 Å². The summed E-state index contributed by atoms with van der Waals surface area (Å²) in [5.74, 6) is -0.181. The highest BCUT2D eigenvalue weighted by molar-refractivity contribution is 5.70. The predicted octanol–water partition coefficient (Wildman–Crippen LogP) is 1.17. The number of carboxylic acid groups (broad SMARTS) is 1. The van der Waals surface area contributed by atoms with Crippen LogP contribution < -0.4 is 4.90 Å². The lowest BCUT2D eigenvalue weighted by Crippen LogP contribution is -2.28. The quantitative estimate of drug-likeness (QED) is 0.735. The molecule has 1 heterocycles. The van der Waals surface area contributed by atoms with Crippen LogP contribution >= 0.6 is 0 Å². The molecule has 2 N–H and O–H groups in total. The van der Waals surface area contributed by atoms with Crippen molar-refractivity contribution in [2.75, 3.05) is 18.5 Å². The zero-order valence-electron chi connectivity index (χ0n) is 7.82. The Labute approximate surface area is 77.2 Å². The van der Waals surface area contributed by atoms with Crippen LogP contribution in [0.1, 0.15) is 6.92 Å². The first-order chi connectivity index (χ1) is 6.11. The van der Waals surface area contributed by atoms with Gasteiger partial charge < -0.3 is 15.0 Å². The Morgan fingerprint density at radius 2 is 2.46 bits per heavy atom. The van der Waals surface area contributed by atoms with Crippen LogP contribution in [0.5, 0.6) is 0 Å². The fourth-order valence-corrected chi connectivity index (χ4v) is 1.15. The molecule has 13 heavy (non-hydrogen) atoms. The van der Waals surface area contributed by atoms with Gasteiger partial charge in [0, 0.05) is 19.8 Å². The van der Waals surface area contributed by atoms with Crippen LogP contribution in [0.2, 0.25) is 0 Å². The van der Waals surface area contributed by atoms with Gasteiger partial charge in [-0.2, -0.15) is 0 Å². The molecule has 0 saturated carbocycles. The number of hydrogen-bond acceptors (Lipinski definition) is 2.